The molecule has 0 aliphatic rings. The van der Waals surface area contributed by atoms with Gasteiger partial charge in [0.05, 0.1) is 12.0 Å². The Balaban J connectivity index is 1.49. The number of hydrogen-bond donors (Lipinski definition) is 1. The first-order chi connectivity index (χ1) is 14.3. The van der Waals surface area contributed by atoms with Crippen LogP contribution in [0.3, 0.4) is 0 Å². The zero-order chi connectivity index (χ0) is 21.7. The monoisotopic (exact) mass is 415 g/mol. The minimum absolute atomic E-state index is 0.0837. The molecule has 2 aromatic carbocycles. The molecule has 156 valence electrons. The van der Waals surface area contributed by atoms with Crippen LogP contribution in [0.5, 0.6) is 0 Å². The molecule has 0 saturated carbocycles. The Morgan fingerprint density at radius 1 is 1.13 bits per heavy atom. The van der Waals surface area contributed by atoms with Crippen molar-refractivity contribution >= 4 is 11.9 Å². The Hall–Kier alpha value is -3.62. The maximum atomic E-state index is 13.6. The lowest BCUT2D eigenvalue weighted by Crippen LogP contribution is -2.27. The third-order valence-corrected chi connectivity index (χ3v) is 4.19. The fourth-order valence-corrected chi connectivity index (χ4v) is 2.57. The van der Waals surface area contributed by atoms with Gasteiger partial charge in [0.2, 0.25) is 5.89 Å². The minimum Gasteiger partial charge on any atom is -0.453 e. The number of hydrogen-bond acceptors (Lipinski definition) is 6. The van der Waals surface area contributed by atoms with Crippen LogP contribution in [0, 0.1) is 18.6 Å². The second kappa shape index (κ2) is 9.25. The van der Waals surface area contributed by atoms with Crippen LogP contribution >= 0.6 is 0 Å². The number of benzene rings is 2. The van der Waals surface area contributed by atoms with Crippen LogP contribution in [0.15, 0.2) is 46.9 Å². The number of ether oxygens (including phenoxy) is 1. The van der Waals surface area contributed by atoms with Crippen molar-refractivity contribution in [3.63, 3.8) is 0 Å². The molecule has 0 fully saturated rings. The van der Waals surface area contributed by atoms with Gasteiger partial charge in [-0.3, -0.25) is 9.59 Å². The third-order valence-electron chi connectivity index (χ3n) is 4.19. The van der Waals surface area contributed by atoms with Gasteiger partial charge < -0.3 is 14.5 Å². The van der Waals surface area contributed by atoms with E-state index in [0.29, 0.717) is 12.0 Å². The van der Waals surface area contributed by atoms with Crippen LogP contribution < -0.4 is 5.32 Å². The van der Waals surface area contributed by atoms with Gasteiger partial charge in [-0.1, -0.05) is 17.7 Å². The minimum atomic E-state index is -0.982. The quantitative estimate of drug-likeness (QED) is 0.591. The number of carbonyl (C=O) groups excluding carboxylic acids is 2. The fraction of sp³-hybridized carbons (Fsp3) is 0.238. The smallest absolute Gasteiger partial charge is 0.308 e. The highest BCUT2D eigenvalue weighted by Crippen LogP contribution is 2.22. The highest BCUT2D eigenvalue weighted by atomic mass is 19.1. The predicted molar refractivity (Wildman–Crippen MR) is 102 cm³/mol. The van der Waals surface area contributed by atoms with Crippen LogP contribution in [0.4, 0.5) is 8.78 Å². The van der Waals surface area contributed by atoms with E-state index >= 15 is 0 Å². The van der Waals surface area contributed by atoms with Crippen molar-refractivity contribution in [1.82, 2.24) is 15.5 Å². The topological polar surface area (TPSA) is 94.3 Å². The van der Waals surface area contributed by atoms with Gasteiger partial charge in [-0.15, -0.1) is 10.2 Å². The Labute approximate surface area is 171 Å². The van der Waals surface area contributed by atoms with Crippen molar-refractivity contribution in [2.24, 2.45) is 0 Å². The van der Waals surface area contributed by atoms with Gasteiger partial charge in [0.15, 0.2) is 6.10 Å². The van der Waals surface area contributed by atoms with Gasteiger partial charge in [0.25, 0.3) is 11.8 Å². The Bertz CT molecular complexity index is 1050. The van der Waals surface area contributed by atoms with Crippen LogP contribution in [-0.2, 0) is 9.53 Å². The molecule has 1 unspecified atom stereocenters. The van der Waals surface area contributed by atoms with Gasteiger partial charge in [0.1, 0.15) is 11.6 Å². The molecule has 7 nitrogen and oxygen atoms in total. The van der Waals surface area contributed by atoms with Crippen LogP contribution in [0.25, 0.3) is 11.5 Å². The average molecular weight is 415 g/mol. The SMILES string of the molecule is Cc1ccc(-c2nnc(C(C)OC(=O)CCNC(=O)c3ccc(F)cc3F)o2)cc1. The maximum Gasteiger partial charge on any atom is 0.308 e. The molecule has 1 aromatic heterocycles. The van der Waals surface area contributed by atoms with E-state index in [0.717, 1.165) is 23.3 Å². The molecule has 0 aliphatic carbocycles. The van der Waals surface area contributed by atoms with E-state index in [2.05, 4.69) is 15.5 Å². The summed E-state index contributed by atoms with van der Waals surface area (Å²) < 4.78 is 37.2. The predicted octanol–water partition coefficient (Wildman–Crippen LogP) is 3.75. The number of aromatic nitrogens is 2. The summed E-state index contributed by atoms with van der Waals surface area (Å²) in [5, 5.41) is 10.2. The number of aryl methyl sites for hydroxylation is 1. The summed E-state index contributed by atoms with van der Waals surface area (Å²) in [6.45, 7) is 3.46. The zero-order valence-electron chi connectivity index (χ0n) is 16.3. The molecular weight excluding hydrogens is 396 g/mol. The number of amides is 1. The second-order valence-corrected chi connectivity index (χ2v) is 6.57. The first-order valence-electron chi connectivity index (χ1n) is 9.16. The van der Waals surface area contributed by atoms with E-state index < -0.39 is 29.6 Å². The molecule has 0 aliphatic heterocycles. The zero-order valence-corrected chi connectivity index (χ0v) is 16.3. The molecule has 9 heteroatoms. The second-order valence-electron chi connectivity index (χ2n) is 6.57. The summed E-state index contributed by atoms with van der Waals surface area (Å²) in [4.78, 5) is 23.9. The number of rotatable bonds is 7. The molecular formula is C21H19F2N3O4. The summed E-state index contributed by atoms with van der Waals surface area (Å²) in [5.74, 6) is -2.69. The van der Waals surface area contributed by atoms with E-state index in [1.54, 1.807) is 6.92 Å². The van der Waals surface area contributed by atoms with Crippen molar-refractivity contribution in [1.29, 1.82) is 0 Å². The van der Waals surface area contributed by atoms with Crippen LogP contribution in [0.1, 0.15) is 41.3 Å². The summed E-state index contributed by atoms with van der Waals surface area (Å²) in [6, 6.07) is 10.1. The molecule has 30 heavy (non-hydrogen) atoms. The van der Waals surface area contributed by atoms with E-state index in [1.807, 2.05) is 31.2 Å². The lowest BCUT2D eigenvalue weighted by molar-refractivity contribution is -0.149. The molecule has 3 rings (SSSR count). The van der Waals surface area contributed by atoms with Crippen molar-refractivity contribution in [2.75, 3.05) is 6.54 Å². The van der Waals surface area contributed by atoms with Gasteiger partial charge >= 0.3 is 5.97 Å². The Morgan fingerprint density at radius 3 is 2.57 bits per heavy atom. The maximum absolute atomic E-state index is 13.6. The average Bonchev–Trinajstić information content (AvgIpc) is 3.18. The number of nitrogens with one attached hydrogen (secondary N) is 1. The molecule has 0 saturated heterocycles. The molecule has 1 atom stereocenters. The molecule has 1 amide bonds. The van der Waals surface area contributed by atoms with Gasteiger partial charge in [0, 0.05) is 18.2 Å². The number of halogens is 2. The van der Waals surface area contributed by atoms with E-state index in [-0.39, 0.29) is 24.4 Å². The molecule has 0 radical (unpaired) electrons. The van der Waals surface area contributed by atoms with Gasteiger partial charge in [-0.2, -0.15) is 0 Å². The molecule has 0 bridgehead atoms. The van der Waals surface area contributed by atoms with Crippen molar-refractivity contribution < 1.29 is 27.5 Å². The first-order valence-corrected chi connectivity index (χ1v) is 9.16. The molecule has 0 spiro atoms. The van der Waals surface area contributed by atoms with Crippen molar-refractivity contribution in [3.05, 3.63) is 71.1 Å². The molecule has 1 heterocycles. The van der Waals surface area contributed by atoms with Crippen LogP contribution in [0.2, 0.25) is 0 Å². The van der Waals surface area contributed by atoms with E-state index in [4.69, 9.17) is 9.15 Å². The highest BCUT2D eigenvalue weighted by Gasteiger charge is 2.19. The van der Waals surface area contributed by atoms with Crippen molar-refractivity contribution in [2.45, 2.75) is 26.4 Å². The first kappa shape index (κ1) is 21.1. The summed E-state index contributed by atoms with van der Waals surface area (Å²) >= 11 is 0. The number of nitrogens with zero attached hydrogens (tertiary/aromatic N) is 2. The standard InChI is InChI=1S/C21H19F2N3O4/c1-12-3-5-14(6-4-12)21-26-25-20(30-21)13(2)29-18(27)9-10-24-19(28)16-8-7-15(22)11-17(16)23/h3-8,11,13H,9-10H2,1-2H3,(H,24,28). The third kappa shape index (κ3) is 5.25. The van der Waals surface area contributed by atoms with E-state index in [1.165, 1.54) is 0 Å². The number of carbonyl (C=O) groups is 2. The van der Waals surface area contributed by atoms with Crippen LogP contribution in [-0.4, -0.2) is 28.6 Å². The lowest BCUT2D eigenvalue weighted by atomic mass is 10.1. The Morgan fingerprint density at radius 2 is 1.87 bits per heavy atom. The Kier molecular flexibility index (Phi) is 6.51. The largest absolute Gasteiger partial charge is 0.453 e. The number of esters is 1. The normalized spacial score (nSPS) is 11.7. The summed E-state index contributed by atoms with van der Waals surface area (Å²) in [6.07, 6.45) is -0.938. The summed E-state index contributed by atoms with van der Waals surface area (Å²) in [5.41, 5.74) is 1.52. The van der Waals surface area contributed by atoms with Gasteiger partial charge in [-0.05, 0) is 38.1 Å². The van der Waals surface area contributed by atoms with Gasteiger partial charge in [-0.25, -0.2) is 8.78 Å². The van der Waals surface area contributed by atoms with Crippen molar-refractivity contribution in [3.8, 4) is 11.5 Å². The highest BCUT2D eigenvalue weighted by molar-refractivity contribution is 5.94. The van der Waals surface area contributed by atoms with E-state index in [9.17, 15) is 18.4 Å². The molecule has 1 N–H and O–H groups in total. The lowest BCUT2D eigenvalue weighted by Gasteiger charge is -2.10. The molecule has 3 aromatic rings. The fourth-order valence-electron chi connectivity index (χ4n) is 2.57. The summed E-state index contributed by atoms with van der Waals surface area (Å²) in [7, 11) is 0.